The van der Waals surface area contributed by atoms with Crippen LogP contribution in [0.4, 0.5) is 5.82 Å². The van der Waals surface area contributed by atoms with Crippen molar-refractivity contribution < 1.29 is 9.53 Å². The predicted molar refractivity (Wildman–Crippen MR) is 113 cm³/mol. The number of benzene rings is 1. The summed E-state index contributed by atoms with van der Waals surface area (Å²) in [6.07, 6.45) is 3.08. The Bertz CT molecular complexity index is 746. The van der Waals surface area contributed by atoms with E-state index < -0.39 is 0 Å². The molecule has 1 aliphatic heterocycles. The summed E-state index contributed by atoms with van der Waals surface area (Å²) in [5.41, 5.74) is 1.44. The number of hydrogen-bond acceptors (Lipinski definition) is 4. The number of pyridine rings is 1. The molecule has 3 rings (SSSR count). The first-order valence-electron chi connectivity index (χ1n) is 10.1. The fourth-order valence-corrected chi connectivity index (χ4v) is 3.35. The summed E-state index contributed by atoms with van der Waals surface area (Å²) >= 11 is 0. The number of carbonyl (C=O) groups excluding carboxylic acids is 1. The third-order valence-corrected chi connectivity index (χ3v) is 5.13. The molecular formula is C23H31N3O2. The van der Waals surface area contributed by atoms with E-state index in [-0.39, 0.29) is 11.3 Å². The van der Waals surface area contributed by atoms with Crippen molar-refractivity contribution in [3.8, 4) is 5.75 Å². The Hall–Kier alpha value is -2.56. The summed E-state index contributed by atoms with van der Waals surface area (Å²) in [7, 11) is 0. The minimum absolute atomic E-state index is 0.144. The zero-order valence-electron chi connectivity index (χ0n) is 17.2. The first kappa shape index (κ1) is 20.2. The van der Waals surface area contributed by atoms with Gasteiger partial charge in [-0.2, -0.15) is 0 Å². The Labute approximate surface area is 168 Å². The van der Waals surface area contributed by atoms with Crippen molar-refractivity contribution in [2.24, 2.45) is 0 Å². The molecule has 5 heteroatoms. The van der Waals surface area contributed by atoms with E-state index in [9.17, 15) is 4.79 Å². The first-order valence-corrected chi connectivity index (χ1v) is 10.1. The molecule has 0 saturated carbocycles. The number of aromatic nitrogens is 1. The topological polar surface area (TPSA) is 45.7 Å². The lowest BCUT2D eigenvalue weighted by atomic mass is 9.87. The monoisotopic (exact) mass is 381 g/mol. The molecule has 0 aliphatic carbocycles. The number of piperazine rings is 1. The summed E-state index contributed by atoms with van der Waals surface area (Å²) in [6.45, 7) is 10.3. The number of rotatable bonds is 6. The zero-order valence-corrected chi connectivity index (χ0v) is 17.2. The van der Waals surface area contributed by atoms with Crippen molar-refractivity contribution >= 4 is 11.7 Å². The van der Waals surface area contributed by atoms with E-state index >= 15 is 0 Å². The van der Waals surface area contributed by atoms with Crippen LogP contribution in [0.15, 0.2) is 48.7 Å². The summed E-state index contributed by atoms with van der Waals surface area (Å²) in [4.78, 5) is 21.0. The Morgan fingerprint density at radius 3 is 2.36 bits per heavy atom. The van der Waals surface area contributed by atoms with Crippen molar-refractivity contribution in [1.29, 1.82) is 0 Å². The smallest absolute Gasteiger partial charge is 0.222 e. The van der Waals surface area contributed by atoms with Crippen LogP contribution in [0.3, 0.4) is 0 Å². The van der Waals surface area contributed by atoms with Gasteiger partial charge in [-0.1, -0.05) is 39.0 Å². The number of anilines is 1. The molecule has 1 saturated heterocycles. The minimum Gasteiger partial charge on any atom is -0.494 e. The van der Waals surface area contributed by atoms with E-state index in [0.717, 1.165) is 44.2 Å². The van der Waals surface area contributed by atoms with Gasteiger partial charge in [-0.3, -0.25) is 4.79 Å². The Morgan fingerprint density at radius 1 is 1.04 bits per heavy atom. The van der Waals surface area contributed by atoms with Crippen LogP contribution in [0.2, 0.25) is 0 Å². The van der Waals surface area contributed by atoms with Crippen molar-refractivity contribution in [1.82, 2.24) is 9.88 Å². The number of carbonyl (C=O) groups is 1. The van der Waals surface area contributed by atoms with Crippen molar-refractivity contribution in [2.75, 3.05) is 37.7 Å². The van der Waals surface area contributed by atoms with Crippen LogP contribution in [0.5, 0.6) is 5.75 Å². The molecule has 0 radical (unpaired) electrons. The molecule has 0 N–H and O–H groups in total. The lowest BCUT2D eigenvalue weighted by Crippen LogP contribution is -2.49. The van der Waals surface area contributed by atoms with Crippen molar-refractivity contribution in [3.05, 3.63) is 54.2 Å². The minimum atomic E-state index is 0.144. The van der Waals surface area contributed by atoms with Gasteiger partial charge in [-0.05, 0) is 41.7 Å². The van der Waals surface area contributed by atoms with Crippen LogP contribution in [0.25, 0.3) is 0 Å². The van der Waals surface area contributed by atoms with Gasteiger partial charge in [0, 0.05) is 38.8 Å². The van der Waals surface area contributed by atoms with Gasteiger partial charge in [-0.25, -0.2) is 4.98 Å². The summed E-state index contributed by atoms with van der Waals surface area (Å²) in [6, 6.07) is 14.2. The lowest BCUT2D eigenvalue weighted by Gasteiger charge is -2.35. The second-order valence-electron chi connectivity index (χ2n) is 8.28. The zero-order chi connectivity index (χ0) is 20.0. The molecule has 1 aromatic carbocycles. The normalized spacial score (nSPS) is 14.8. The summed E-state index contributed by atoms with van der Waals surface area (Å²) in [5, 5.41) is 0. The van der Waals surface area contributed by atoms with Gasteiger partial charge in [0.25, 0.3) is 0 Å². The van der Waals surface area contributed by atoms with Crippen molar-refractivity contribution in [3.63, 3.8) is 0 Å². The Morgan fingerprint density at radius 2 is 1.75 bits per heavy atom. The van der Waals surface area contributed by atoms with E-state index in [1.54, 1.807) is 0 Å². The largest absolute Gasteiger partial charge is 0.494 e. The fourth-order valence-electron chi connectivity index (χ4n) is 3.35. The van der Waals surface area contributed by atoms with Crippen LogP contribution in [-0.4, -0.2) is 48.6 Å². The third-order valence-electron chi connectivity index (χ3n) is 5.13. The number of ether oxygens (including phenoxy) is 1. The summed E-state index contributed by atoms with van der Waals surface area (Å²) in [5.74, 6) is 2.07. The van der Waals surface area contributed by atoms with Gasteiger partial charge < -0.3 is 14.5 Å². The third kappa shape index (κ3) is 5.47. The van der Waals surface area contributed by atoms with Crippen molar-refractivity contribution in [2.45, 2.75) is 39.0 Å². The van der Waals surface area contributed by atoms with Gasteiger partial charge in [0.2, 0.25) is 5.91 Å². The van der Waals surface area contributed by atoms with Gasteiger partial charge in [0.1, 0.15) is 11.6 Å². The molecule has 2 heterocycles. The quantitative estimate of drug-likeness (QED) is 0.712. The Kier molecular flexibility index (Phi) is 6.55. The van der Waals surface area contributed by atoms with E-state index in [1.165, 1.54) is 5.56 Å². The number of nitrogens with zero attached hydrogens (tertiary/aromatic N) is 3. The molecule has 0 spiro atoms. The van der Waals surface area contributed by atoms with E-state index in [2.05, 4.69) is 42.8 Å². The van der Waals surface area contributed by atoms with E-state index in [1.807, 2.05) is 41.4 Å². The molecule has 1 amide bonds. The lowest BCUT2D eigenvalue weighted by molar-refractivity contribution is -0.131. The second kappa shape index (κ2) is 9.09. The van der Waals surface area contributed by atoms with Gasteiger partial charge >= 0.3 is 0 Å². The molecule has 5 nitrogen and oxygen atoms in total. The number of hydrogen-bond donors (Lipinski definition) is 0. The average Bonchev–Trinajstić information content (AvgIpc) is 2.71. The molecule has 150 valence electrons. The van der Waals surface area contributed by atoms with Gasteiger partial charge in [-0.15, -0.1) is 0 Å². The summed E-state index contributed by atoms with van der Waals surface area (Å²) < 4.78 is 5.80. The average molecular weight is 382 g/mol. The molecule has 0 unspecified atom stereocenters. The van der Waals surface area contributed by atoms with Crippen LogP contribution >= 0.6 is 0 Å². The van der Waals surface area contributed by atoms with Crippen LogP contribution < -0.4 is 9.64 Å². The highest BCUT2D eigenvalue weighted by Gasteiger charge is 2.21. The van der Waals surface area contributed by atoms with E-state index in [4.69, 9.17) is 4.74 Å². The van der Waals surface area contributed by atoms with Crippen LogP contribution in [0.1, 0.15) is 39.2 Å². The molecule has 28 heavy (non-hydrogen) atoms. The predicted octanol–water partition coefficient (Wildman–Crippen LogP) is 3.89. The maximum Gasteiger partial charge on any atom is 0.222 e. The highest BCUT2D eigenvalue weighted by atomic mass is 16.5. The standard InChI is InChI=1S/C23H31N3O2/c1-23(2,3)19-9-11-20(12-10-19)28-18-6-8-22(27)26-16-14-25(15-17-26)21-7-4-5-13-24-21/h4-5,7,9-13H,6,8,14-18H2,1-3H3. The molecule has 0 atom stereocenters. The molecule has 1 aliphatic rings. The van der Waals surface area contributed by atoms with E-state index in [0.29, 0.717) is 13.0 Å². The molecule has 1 aromatic heterocycles. The molecule has 2 aromatic rings. The molecule has 1 fully saturated rings. The van der Waals surface area contributed by atoms with Crippen LogP contribution in [-0.2, 0) is 10.2 Å². The number of amides is 1. The Balaban J connectivity index is 1.36. The van der Waals surface area contributed by atoms with Crippen LogP contribution in [0, 0.1) is 0 Å². The van der Waals surface area contributed by atoms with Gasteiger partial charge in [0.05, 0.1) is 6.61 Å². The first-order chi connectivity index (χ1) is 13.4. The van der Waals surface area contributed by atoms with Gasteiger partial charge in [0.15, 0.2) is 0 Å². The maximum atomic E-state index is 12.4. The molecule has 0 bridgehead atoms. The highest BCUT2D eigenvalue weighted by Crippen LogP contribution is 2.24. The fraction of sp³-hybridized carbons (Fsp3) is 0.478. The SMILES string of the molecule is CC(C)(C)c1ccc(OCCCC(=O)N2CCN(c3ccccn3)CC2)cc1. The second-order valence-corrected chi connectivity index (χ2v) is 8.28. The molecular weight excluding hydrogens is 350 g/mol. The highest BCUT2D eigenvalue weighted by molar-refractivity contribution is 5.76. The maximum absolute atomic E-state index is 12.4.